The van der Waals surface area contributed by atoms with E-state index in [4.69, 9.17) is 5.73 Å². The van der Waals surface area contributed by atoms with E-state index in [1.165, 1.54) is 16.9 Å². The van der Waals surface area contributed by atoms with Gasteiger partial charge in [0.2, 0.25) is 0 Å². The van der Waals surface area contributed by atoms with Crippen molar-refractivity contribution in [1.82, 2.24) is 9.78 Å². The molecule has 0 aliphatic heterocycles. The molecule has 0 saturated heterocycles. The summed E-state index contributed by atoms with van der Waals surface area (Å²) < 4.78 is 2.06. The number of anilines is 1. The highest BCUT2D eigenvalue weighted by atomic mass is 15.3. The molecule has 2 N–H and O–H groups in total. The molecule has 0 saturated carbocycles. The first-order valence-corrected chi connectivity index (χ1v) is 7.63. The Balaban J connectivity index is 2.13. The van der Waals surface area contributed by atoms with Crippen LogP contribution in [0.3, 0.4) is 0 Å². The van der Waals surface area contributed by atoms with Crippen LogP contribution in [0.25, 0.3) is 0 Å². The van der Waals surface area contributed by atoms with E-state index in [0.717, 1.165) is 25.1 Å². The third kappa shape index (κ3) is 3.64. The number of aromatic nitrogens is 2. The van der Waals surface area contributed by atoms with Crippen molar-refractivity contribution in [3.63, 3.8) is 0 Å². The summed E-state index contributed by atoms with van der Waals surface area (Å²) >= 11 is 0. The fraction of sp³-hybridized carbons (Fsp3) is 0.471. The zero-order chi connectivity index (χ0) is 15.4. The molecule has 2 rings (SSSR count). The Kier molecular flexibility index (Phi) is 5.02. The van der Waals surface area contributed by atoms with E-state index in [-0.39, 0.29) is 6.04 Å². The summed E-state index contributed by atoms with van der Waals surface area (Å²) in [6.07, 6.45) is 1.79. The Bertz CT molecular complexity index is 569. The maximum absolute atomic E-state index is 6.37. The summed E-state index contributed by atoms with van der Waals surface area (Å²) in [6, 6.07) is 10.7. The van der Waals surface area contributed by atoms with Crippen LogP contribution >= 0.6 is 0 Å². The average Bonchev–Trinajstić information content (AvgIpc) is 2.89. The molecule has 0 amide bonds. The van der Waals surface area contributed by atoms with Crippen LogP contribution in [0.15, 0.2) is 30.3 Å². The van der Waals surface area contributed by atoms with Crippen molar-refractivity contribution >= 4 is 5.69 Å². The van der Waals surface area contributed by atoms with Gasteiger partial charge in [0.05, 0.1) is 5.69 Å². The first-order chi connectivity index (χ1) is 10.0. The van der Waals surface area contributed by atoms with Gasteiger partial charge in [-0.05, 0) is 37.1 Å². The summed E-state index contributed by atoms with van der Waals surface area (Å²) in [5.41, 5.74) is 11.1. The molecule has 2 aromatic rings. The minimum absolute atomic E-state index is 0.00733. The zero-order valence-electron chi connectivity index (χ0n) is 13.5. The first kappa shape index (κ1) is 15.6. The molecular formula is C17H26N4. The highest BCUT2D eigenvalue weighted by molar-refractivity contribution is 5.46. The molecule has 1 aromatic heterocycles. The van der Waals surface area contributed by atoms with Crippen molar-refractivity contribution in [3.8, 4) is 0 Å². The summed E-state index contributed by atoms with van der Waals surface area (Å²) in [5.74, 6) is 0. The molecule has 4 nitrogen and oxygen atoms in total. The van der Waals surface area contributed by atoms with Gasteiger partial charge in [-0.3, -0.25) is 4.68 Å². The van der Waals surface area contributed by atoms with Crippen LogP contribution in [-0.4, -0.2) is 23.9 Å². The maximum Gasteiger partial charge on any atom is 0.0624 e. The van der Waals surface area contributed by atoms with Crippen molar-refractivity contribution in [1.29, 1.82) is 0 Å². The van der Waals surface area contributed by atoms with Crippen LogP contribution in [-0.2, 0) is 19.4 Å². The molecule has 21 heavy (non-hydrogen) atoms. The van der Waals surface area contributed by atoms with Crippen LogP contribution in [0.5, 0.6) is 0 Å². The SMILES string of the molecule is CCc1cc(CC(N)c2ccc(N(C)C)cc2)n(CC)n1. The molecule has 114 valence electrons. The fourth-order valence-electron chi connectivity index (χ4n) is 2.49. The van der Waals surface area contributed by atoms with E-state index >= 15 is 0 Å². The Morgan fingerprint density at radius 3 is 2.38 bits per heavy atom. The number of benzene rings is 1. The summed E-state index contributed by atoms with van der Waals surface area (Å²) in [6.45, 7) is 5.14. The number of aryl methyl sites for hydroxylation is 2. The van der Waals surface area contributed by atoms with Gasteiger partial charge in [0, 0.05) is 44.5 Å². The van der Waals surface area contributed by atoms with Crippen LogP contribution in [0, 0.1) is 0 Å². The normalized spacial score (nSPS) is 12.4. The van der Waals surface area contributed by atoms with Crippen molar-refractivity contribution in [2.45, 2.75) is 39.3 Å². The molecule has 1 atom stereocenters. The molecule has 1 aromatic carbocycles. The number of rotatable bonds is 6. The zero-order valence-corrected chi connectivity index (χ0v) is 13.5. The second-order valence-corrected chi connectivity index (χ2v) is 5.59. The Morgan fingerprint density at radius 2 is 1.86 bits per heavy atom. The minimum Gasteiger partial charge on any atom is -0.378 e. The van der Waals surface area contributed by atoms with Gasteiger partial charge in [0.15, 0.2) is 0 Å². The molecule has 0 bridgehead atoms. The van der Waals surface area contributed by atoms with Gasteiger partial charge >= 0.3 is 0 Å². The molecular weight excluding hydrogens is 260 g/mol. The molecule has 0 aliphatic carbocycles. The summed E-state index contributed by atoms with van der Waals surface area (Å²) in [4.78, 5) is 2.09. The second-order valence-electron chi connectivity index (χ2n) is 5.59. The third-order valence-corrected chi connectivity index (χ3v) is 3.84. The van der Waals surface area contributed by atoms with E-state index in [1.54, 1.807) is 0 Å². The van der Waals surface area contributed by atoms with Gasteiger partial charge in [-0.25, -0.2) is 0 Å². The van der Waals surface area contributed by atoms with Gasteiger partial charge < -0.3 is 10.6 Å². The lowest BCUT2D eigenvalue weighted by molar-refractivity contribution is 0.585. The van der Waals surface area contributed by atoms with Crippen LogP contribution in [0.1, 0.15) is 36.8 Å². The number of nitrogens with zero attached hydrogens (tertiary/aromatic N) is 3. The number of nitrogens with two attached hydrogens (primary N) is 1. The average molecular weight is 286 g/mol. The lowest BCUT2D eigenvalue weighted by atomic mass is 10.0. The monoisotopic (exact) mass is 286 g/mol. The van der Waals surface area contributed by atoms with Crippen LogP contribution < -0.4 is 10.6 Å². The standard InChI is InChI=1S/C17H26N4/c1-5-14-11-16(21(6-2)19-14)12-17(18)13-7-9-15(10-8-13)20(3)4/h7-11,17H,5-6,12,18H2,1-4H3. The van der Waals surface area contributed by atoms with Crippen molar-refractivity contribution < 1.29 is 0 Å². The van der Waals surface area contributed by atoms with Crippen LogP contribution in [0.4, 0.5) is 5.69 Å². The summed E-state index contributed by atoms with van der Waals surface area (Å²) in [7, 11) is 4.09. The number of hydrogen-bond donors (Lipinski definition) is 1. The second kappa shape index (κ2) is 6.76. The van der Waals surface area contributed by atoms with Crippen molar-refractivity contribution in [3.05, 3.63) is 47.3 Å². The molecule has 4 heteroatoms. The smallest absolute Gasteiger partial charge is 0.0624 e. The first-order valence-electron chi connectivity index (χ1n) is 7.63. The Morgan fingerprint density at radius 1 is 1.19 bits per heavy atom. The van der Waals surface area contributed by atoms with Crippen molar-refractivity contribution in [2.75, 3.05) is 19.0 Å². The largest absolute Gasteiger partial charge is 0.378 e. The highest BCUT2D eigenvalue weighted by Gasteiger charge is 2.12. The quantitative estimate of drug-likeness (QED) is 0.888. The predicted octanol–water partition coefficient (Wildman–Crippen LogP) is 2.77. The molecule has 0 aliphatic rings. The van der Waals surface area contributed by atoms with E-state index in [2.05, 4.69) is 58.9 Å². The lowest BCUT2D eigenvalue weighted by Gasteiger charge is -2.16. The minimum atomic E-state index is 0.00733. The van der Waals surface area contributed by atoms with Gasteiger partial charge in [0.25, 0.3) is 0 Å². The van der Waals surface area contributed by atoms with E-state index in [1.807, 2.05) is 14.1 Å². The molecule has 0 radical (unpaired) electrons. The molecule has 0 spiro atoms. The van der Waals surface area contributed by atoms with E-state index < -0.39 is 0 Å². The summed E-state index contributed by atoms with van der Waals surface area (Å²) in [5, 5.41) is 4.59. The predicted molar refractivity (Wildman–Crippen MR) is 88.7 cm³/mol. The van der Waals surface area contributed by atoms with E-state index in [9.17, 15) is 0 Å². The highest BCUT2D eigenvalue weighted by Crippen LogP contribution is 2.20. The van der Waals surface area contributed by atoms with E-state index in [0.29, 0.717) is 0 Å². The van der Waals surface area contributed by atoms with Gasteiger partial charge in [-0.2, -0.15) is 5.10 Å². The topological polar surface area (TPSA) is 47.1 Å². The molecule has 1 unspecified atom stereocenters. The fourth-order valence-corrected chi connectivity index (χ4v) is 2.49. The lowest BCUT2D eigenvalue weighted by Crippen LogP contribution is -2.16. The Hall–Kier alpha value is -1.81. The van der Waals surface area contributed by atoms with Gasteiger partial charge in [-0.15, -0.1) is 0 Å². The maximum atomic E-state index is 6.37. The van der Waals surface area contributed by atoms with Gasteiger partial charge in [0.1, 0.15) is 0 Å². The third-order valence-electron chi connectivity index (χ3n) is 3.84. The van der Waals surface area contributed by atoms with Crippen LogP contribution in [0.2, 0.25) is 0 Å². The molecule has 0 fully saturated rings. The van der Waals surface area contributed by atoms with Crippen molar-refractivity contribution in [2.24, 2.45) is 5.73 Å². The number of hydrogen-bond acceptors (Lipinski definition) is 3. The van der Waals surface area contributed by atoms with Gasteiger partial charge in [-0.1, -0.05) is 19.1 Å². The molecule has 1 heterocycles. The Labute approximate surface area is 127 Å².